The van der Waals surface area contributed by atoms with E-state index in [0.29, 0.717) is 5.69 Å². The normalized spacial score (nSPS) is 12.7. The van der Waals surface area contributed by atoms with Gasteiger partial charge in [0.2, 0.25) is 17.5 Å². The molecule has 98 valence electrons. The predicted molar refractivity (Wildman–Crippen MR) is 69.6 cm³/mol. The standard InChI is InChI=1S/C14H9N3O3/c1-7(18)17-9-4-2-3-8-10(9)14(20)12-11(13(8)19)15-5-6-16-12/h2-6H,1H3,(H,17,18). The summed E-state index contributed by atoms with van der Waals surface area (Å²) in [5.74, 6) is -1.09. The second kappa shape index (κ2) is 4.34. The number of carbonyl (C=O) groups excluding carboxylic acids is 3. The summed E-state index contributed by atoms with van der Waals surface area (Å²) >= 11 is 0. The fraction of sp³-hybridized carbons (Fsp3) is 0.0714. The maximum atomic E-state index is 12.4. The number of amides is 1. The Morgan fingerprint density at radius 2 is 1.70 bits per heavy atom. The van der Waals surface area contributed by atoms with Crippen LogP contribution in [0.25, 0.3) is 0 Å². The molecule has 1 aromatic carbocycles. The van der Waals surface area contributed by atoms with Crippen molar-refractivity contribution in [3.05, 3.63) is 53.1 Å². The lowest BCUT2D eigenvalue weighted by Gasteiger charge is -2.18. The van der Waals surface area contributed by atoms with Gasteiger partial charge >= 0.3 is 0 Å². The molecule has 2 aromatic rings. The van der Waals surface area contributed by atoms with Crippen molar-refractivity contribution in [2.24, 2.45) is 0 Å². The van der Waals surface area contributed by atoms with Crippen molar-refractivity contribution in [1.29, 1.82) is 0 Å². The molecule has 0 saturated heterocycles. The molecule has 20 heavy (non-hydrogen) atoms. The van der Waals surface area contributed by atoms with Gasteiger partial charge in [0.05, 0.1) is 11.3 Å². The first-order valence-electron chi connectivity index (χ1n) is 5.90. The Kier molecular flexibility index (Phi) is 2.64. The average molecular weight is 267 g/mol. The van der Waals surface area contributed by atoms with Crippen LogP contribution in [-0.2, 0) is 4.79 Å². The Morgan fingerprint density at radius 1 is 1.05 bits per heavy atom. The van der Waals surface area contributed by atoms with Crippen LogP contribution < -0.4 is 5.32 Å². The number of anilines is 1. The van der Waals surface area contributed by atoms with Crippen LogP contribution in [0, 0.1) is 0 Å². The van der Waals surface area contributed by atoms with Crippen molar-refractivity contribution in [3.63, 3.8) is 0 Å². The largest absolute Gasteiger partial charge is 0.326 e. The average Bonchev–Trinajstić information content (AvgIpc) is 2.44. The quantitative estimate of drug-likeness (QED) is 0.715. The van der Waals surface area contributed by atoms with Gasteiger partial charge < -0.3 is 5.32 Å². The van der Waals surface area contributed by atoms with E-state index in [-0.39, 0.29) is 34.2 Å². The van der Waals surface area contributed by atoms with E-state index < -0.39 is 5.78 Å². The van der Waals surface area contributed by atoms with Gasteiger partial charge in [-0.2, -0.15) is 0 Å². The minimum atomic E-state index is -0.410. The number of hydrogen-bond acceptors (Lipinski definition) is 5. The van der Waals surface area contributed by atoms with E-state index in [1.165, 1.54) is 19.3 Å². The number of rotatable bonds is 1. The number of carbonyl (C=O) groups is 3. The minimum absolute atomic E-state index is 0.0165. The Bertz CT molecular complexity index is 768. The van der Waals surface area contributed by atoms with Gasteiger partial charge in [0, 0.05) is 24.9 Å². The number of nitrogens with zero attached hydrogens (tertiary/aromatic N) is 2. The van der Waals surface area contributed by atoms with E-state index >= 15 is 0 Å². The number of nitrogens with one attached hydrogen (secondary N) is 1. The third-order valence-electron chi connectivity index (χ3n) is 2.98. The first-order chi connectivity index (χ1) is 9.59. The molecule has 1 aromatic heterocycles. The summed E-state index contributed by atoms with van der Waals surface area (Å²) < 4.78 is 0. The van der Waals surface area contributed by atoms with Crippen LogP contribution in [0.3, 0.4) is 0 Å². The Balaban J connectivity index is 2.25. The first kappa shape index (κ1) is 12.2. The highest BCUT2D eigenvalue weighted by Gasteiger charge is 2.33. The zero-order valence-corrected chi connectivity index (χ0v) is 10.5. The molecule has 0 spiro atoms. The lowest BCUT2D eigenvalue weighted by Crippen LogP contribution is -2.25. The molecular formula is C14H9N3O3. The molecule has 0 aliphatic heterocycles. The molecule has 6 heteroatoms. The number of hydrogen-bond donors (Lipinski definition) is 1. The topological polar surface area (TPSA) is 89.0 Å². The highest BCUT2D eigenvalue weighted by molar-refractivity contribution is 6.29. The molecular weight excluding hydrogens is 258 g/mol. The monoisotopic (exact) mass is 267 g/mol. The SMILES string of the molecule is CC(=O)Nc1cccc2c1C(=O)c1nccnc1C2=O. The van der Waals surface area contributed by atoms with Gasteiger partial charge in [0.1, 0.15) is 11.4 Å². The summed E-state index contributed by atoms with van der Waals surface area (Å²) in [7, 11) is 0. The van der Waals surface area contributed by atoms with Crippen molar-refractivity contribution in [2.75, 3.05) is 5.32 Å². The van der Waals surface area contributed by atoms with E-state index in [4.69, 9.17) is 0 Å². The van der Waals surface area contributed by atoms with Gasteiger partial charge in [-0.3, -0.25) is 14.4 Å². The molecule has 0 unspecified atom stereocenters. The summed E-state index contributed by atoms with van der Waals surface area (Å²) in [5, 5.41) is 2.55. The van der Waals surface area contributed by atoms with Gasteiger partial charge in [-0.15, -0.1) is 0 Å². The minimum Gasteiger partial charge on any atom is -0.326 e. The molecule has 0 radical (unpaired) electrons. The molecule has 0 fully saturated rings. The molecule has 0 saturated carbocycles. The Labute approximate surface area is 113 Å². The van der Waals surface area contributed by atoms with Crippen LogP contribution in [0.1, 0.15) is 39.0 Å². The fourth-order valence-corrected chi connectivity index (χ4v) is 2.20. The van der Waals surface area contributed by atoms with Crippen LogP contribution in [0.4, 0.5) is 5.69 Å². The van der Waals surface area contributed by atoms with E-state index in [0.717, 1.165) is 0 Å². The molecule has 1 N–H and O–H groups in total. The van der Waals surface area contributed by atoms with E-state index in [1.807, 2.05) is 0 Å². The van der Waals surface area contributed by atoms with Crippen LogP contribution in [0.15, 0.2) is 30.6 Å². The number of fused-ring (bicyclic) bond motifs is 2. The van der Waals surface area contributed by atoms with Crippen LogP contribution in [0.2, 0.25) is 0 Å². The number of benzene rings is 1. The van der Waals surface area contributed by atoms with Crippen molar-refractivity contribution in [3.8, 4) is 0 Å². The Hall–Kier alpha value is -2.89. The maximum Gasteiger partial charge on any atom is 0.221 e. The van der Waals surface area contributed by atoms with Crippen molar-refractivity contribution < 1.29 is 14.4 Å². The molecule has 0 bridgehead atoms. The van der Waals surface area contributed by atoms with Crippen molar-refractivity contribution >= 4 is 23.2 Å². The lowest BCUT2D eigenvalue weighted by molar-refractivity contribution is -0.114. The second-order valence-electron chi connectivity index (χ2n) is 4.32. The van der Waals surface area contributed by atoms with Gasteiger partial charge in [-0.05, 0) is 6.07 Å². The third kappa shape index (κ3) is 1.70. The van der Waals surface area contributed by atoms with Gasteiger partial charge in [-0.25, -0.2) is 9.97 Å². The summed E-state index contributed by atoms with van der Waals surface area (Å²) in [6.45, 7) is 1.34. The fourth-order valence-electron chi connectivity index (χ4n) is 2.20. The highest BCUT2D eigenvalue weighted by Crippen LogP contribution is 2.29. The molecule has 6 nitrogen and oxygen atoms in total. The van der Waals surface area contributed by atoms with E-state index in [9.17, 15) is 14.4 Å². The summed E-state index contributed by atoms with van der Waals surface area (Å²) in [4.78, 5) is 43.8. The molecule has 1 aliphatic rings. The van der Waals surface area contributed by atoms with Crippen molar-refractivity contribution in [2.45, 2.75) is 6.92 Å². The zero-order chi connectivity index (χ0) is 14.3. The lowest BCUT2D eigenvalue weighted by atomic mass is 9.88. The second-order valence-corrected chi connectivity index (χ2v) is 4.32. The summed E-state index contributed by atoms with van der Waals surface area (Å²) in [6, 6.07) is 4.72. The predicted octanol–water partition coefficient (Wildman–Crippen LogP) is 1.21. The number of ketones is 2. The smallest absolute Gasteiger partial charge is 0.221 e. The van der Waals surface area contributed by atoms with Crippen LogP contribution >= 0.6 is 0 Å². The van der Waals surface area contributed by atoms with E-state index in [1.54, 1.807) is 18.2 Å². The molecule has 1 heterocycles. The molecule has 1 aliphatic carbocycles. The molecule has 3 rings (SSSR count). The van der Waals surface area contributed by atoms with Gasteiger partial charge in [-0.1, -0.05) is 12.1 Å². The van der Waals surface area contributed by atoms with Gasteiger partial charge in [0.25, 0.3) is 0 Å². The summed E-state index contributed by atoms with van der Waals surface area (Å²) in [6.07, 6.45) is 2.72. The Morgan fingerprint density at radius 3 is 2.35 bits per heavy atom. The summed E-state index contributed by atoms with van der Waals surface area (Å²) in [5.41, 5.74) is 0.771. The van der Waals surface area contributed by atoms with Crippen molar-refractivity contribution in [1.82, 2.24) is 9.97 Å². The number of aromatic nitrogens is 2. The maximum absolute atomic E-state index is 12.4. The van der Waals surface area contributed by atoms with Gasteiger partial charge in [0.15, 0.2) is 0 Å². The molecule has 1 amide bonds. The molecule has 0 atom stereocenters. The third-order valence-corrected chi connectivity index (χ3v) is 2.98. The zero-order valence-electron chi connectivity index (χ0n) is 10.5. The first-order valence-corrected chi connectivity index (χ1v) is 5.90. The van der Waals surface area contributed by atoms with Crippen LogP contribution in [0.5, 0.6) is 0 Å². The highest BCUT2D eigenvalue weighted by atomic mass is 16.2. The van der Waals surface area contributed by atoms with Crippen LogP contribution in [-0.4, -0.2) is 27.4 Å². The van der Waals surface area contributed by atoms with E-state index in [2.05, 4.69) is 15.3 Å².